The van der Waals surface area contributed by atoms with Crippen LogP contribution >= 0.6 is 11.3 Å². The lowest BCUT2D eigenvalue weighted by atomic mass is 9.91. The van der Waals surface area contributed by atoms with Crippen molar-refractivity contribution in [3.05, 3.63) is 48.2 Å². The van der Waals surface area contributed by atoms with Crippen LogP contribution in [0, 0.1) is 0 Å². The number of carbonyl (C=O) groups excluding carboxylic acids is 3. The summed E-state index contributed by atoms with van der Waals surface area (Å²) in [6, 6.07) is 5.04. The summed E-state index contributed by atoms with van der Waals surface area (Å²) < 4.78 is 5.76. The molecule has 0 spiro atoms. The van der Waals surface area contributed by atoms with Crippen molar-refractivity contribution in [3.8, 4) is 0 Å². The number of nitrogens with one attached hydrogen (secondary N) is 1. The van der Waals surface area contributed by atoms with E-state index in [9.17, 15) is 14.4 Å². The molecule has 1 atom stereocenters. The summed E-state index contributed by atoms with van der Waals surface area (Å²) in [6.07, 6.45) is 6.93. The quantitative estimate of drug-likeness (QED) is 0.778. The zero-order chi connectivity index (χ0) is 20.6. The van der Waals surface area contributed by atoms with Crippen LogP contribution in [0.1, 0.15) is 30.6 Å². The molecule has 9 heteroatoms. The van der Waals surface area contributed by atoms with E-state index in [4.69, 9.17) is 4.74 Å². The maximum absolute atomic E-state index is 13.1. The molecule has 3 heterocycles. The van der Waals surface area contributed by atoms with E-state index in [1.54, 1.807) is 61.4 Å². The first-order valence-electron chi connectivity index (χ1n) is 9.05. The highest BCUT2D eigenvalue weighted by Crippen LogP contribution is 2.32. The number of anilines is 1. The molecule has 1 aromatic heterocycles. The molecule has 2 aromatic rings. The molecule has 1 unspecified atom stereocenters. The van der Waals surface area contributed by atoms with E-state index >= 15 is 0 Å². The summed E-state index contributed by atoms with van der Waals surface area (Å²) in [7, 11) is 0. The largest absolute Gasteiger partial charge is 0.462 e. The number of esters is 1. The molecule has 8 nitrogen and oxygen atoms in total. The molecule has 0 aliphatic carbocycles. The Balaban J connectivity index is 1.59. The number of aliphatic imine (C=N–C) groups is 1. The van der Waals surface area contributed by atoms with Gasteiger partial charge in [-0.15, -0.1) is 0 Å². The van der Waals surface area contributed by atoms with Crippen molar-refractivity contribution in [2.75, 3.05) is 11.9 Å². The van der Waals surface area contributed by atoms with E-state index in [0.29, 0.717) is 28.7 Å². The number of amidine groups is 1. The van der Waals surface area contributed by atoms with Gasteiger partial charge in [0.05, 0.1) is 28.8 Å². The number of aromatic nitrogens is 1. The van der Waals surface area contributed by atoms with Gasteiger partial charge in [-0.25, -0.2) is 9.78 Å². The van der Waals surface area contributed by atoms with Gasteiger partial charge in [-0.05, 0) is 44.2 Å². The SMILES string of the molecule is CCOC(=O)c1ccc2nc(NC(=O)C3(C)CC(=O)N=C4C=CC=CN43)sc2c1. The third-order valence-electron chi connectivity index (χ3n) is 4.71. The molecular formula is C20H18N4O4S. The number of hydrogen-bond donors (Lipinski definition) is 1. The maximum atomic E-state index is 13.1. The number of benzene rings is 1. The monoisotopic (exact) mass is 410 g/mol. The number of allylic oxidation sites excluding steroid dienone is 2. The minimum atomic E-state index is -1.12. The van der Waals surface area contributed by atoms with Crippen molar-refractivity contribution in [2.45, 2.75) is 25.8 Å². The van der Waals surface area contributed by atoms with E-state index in [1.807, 2.05) is 0 Å². The predicted octanol–water partition coefficient (Wildman–Crippen LogP) is 2.88. The number of carbonyl (C=O) groups is 3. The van der Waals surface area contributed by atoms with Gasteiger partial charge in [0.15, 0.2) is 5.13 Å². The molecule has 2 aliphatic rings. The minimum absolute atomic E-state index is 0.0432. The molecule has 2 amide bonds. The van der Waals surface area contributed by atoms with Crippen LogP contribution in [0.2, 0.25) is 0 Å². The summed E-state index contributed by atoms with van der Waals surface area (Å²) >= 11 is 1.25. The summed E-state index contributed by atoms with van der Waals surface area (Å²) in [5, 5.41) is 3.20. The first-order valence-corrected chi connectivity index (χ1v) is 9.87. The minimum Gasteiger partial charge on any atom is -0.462 e. The summed E-state index contributed by atoms with van der Waals surface area (Å²) in [4.78, 5) is 47.2. The van der Waals surface area contributed by atoms with Crippen molar-refractivity contribution >= 4 is 50.3 Å². The second-order valence-electron chi connectivity index (χ2n) is 6.76. The number of hydrogen-bond acceptors (Lipinski definition) is 7. The van der Waals surface area contributed by atoms with Gasteiger partial charge < -0.3 is 9.64 Å². The fourth-order valence-corrected chi connectivity index (χ4v) is 4.13. The number of fused-ring (bicyclic) bond motifs is 2. The molecule has 2 aliphatic heterocycles. The van der Waals surface area contributed by atoms with Crippen LogP contribution in [0.25, 0.3) is 10.2 Å². The highest BCUT2D eigenvalue weighted by atomic mass is 32.1. The van der Waals surface area contributed by atoms with Crippen LogP contribution in [0.5, 0.6) is 0 Å². The van der Waals surface area contributed by atoms with Gasteiger partial charge >= 0.3 is 5.97 Å². The molecule has 1 N–H and O–H groups in total. The highest BCUT2D eigenvalue weighted by molar-refractivity contribution is 7.22. The predicted molar refractivity (Wildman–Crippen MR) is 110 cm³/mol. The molecule has 29 heavy (non-hydrogen) atoms. The van der Waals surface area contributed by atoms with Crippen LogP contribution in [-0.2, 0) is 14.3 Å². The van der Waals surface area contributed by atoms with E-state index in [2.05, 4.69) is 15.3 Å². The Hall–Kier alpha value is -3.33. The number of rotatable bonds is 4. The number of amides is 2. The number of nitrogens with zero attached hydrogens (tertiary/aromatic N) is 3. The Labute approximate surface area is 170 Å². The van der Waals surface area contributed by atoms with E-state index in [1.165, 1.54) is 11.3 Å². The highest BCUT2D eigenvalue weighted by Gasteiger charge is 2.45. The van der Waals surface area contributed by atoms with Crippen LogP contribution in [0.3, 0.4) is 0 Å². The third kappa shape index (κ3) is 3.44. The standard InChI is InChI=1S/C20H18N4O4S/c1-3-28-17(26)12-7-8-13-14(10-12)29-19(21-13)23-18(27)20(2)11-16(25)22-15-6-4-5-9-24(15)20/h4-10H,3,11H2,1-2H3,(H,21,23,27). The topological polar surface area (TPSA) is 101 Å². The van der Waals surface area contributed by atoms with Crippen LogP contribution < -0.4 is 5.32 Å². The molecule has 0 saturated carbocycles. The smallest absolute Gasteiger partial charge is 0.338 e. The van der Waals surface area contributed by atoms with Crippen molar-refractivity contribution in [3.63, 3.8) is 0 Å². The first kappa shape index (κ1) is 19.0. The second-order valence-corrected chi connectivity index (χ2v) is 7.79. The summed E-state index contributed by atoms with van der Waals surface area (Å²) in [6.45, 7) is 3.74. The fraction of sp³-hybridized carbons (Fsp3) is 0.250. The third-order valence-corrected chi connectivity index (χ3v) is 5.65. The average molecular weight is 410 g/mol. The molecule has 148 valence electrons. The second kappa shape index (κ2) is 7.25. The Morgan fingerprint density at radius 1 is 1.34 bits per heavy atom. The van der Waals surface area contributed by atoms with E-state index < -0.39 is 11.5 Å². The molecule has 0 radical (unpaired) electrons. The Morgan fingerprint density at radius 3 is 2.97 bits per heavy atom. The van der Waals surface area contributed by atoms with Gasteiger partial charge in [0.25, 0.3) is 11.8 Å². The molecule has 4 rings (SSSR count). The van der Waals surface area contributed by atoms with E-state index in [-0.39, 0.29) is 18.2 Å². The average Bonchev–Trinajstić information content (AvgIpc) is 3.09. The first-order chi connectivity index (χ1) is 13.9. The van der Waals surface area contributed by atoms with Crippen molar-refractivity contribution in [1.29, 1.82) is 0 Å². The summed E-state index contributed by atoms with van der Waals surface area (Å²) in [5.74, 6) is -0.678. The van der Waals surface area contributed by atoms with Gasteiger partial charge in [0.1, 0.15) is 11.4 Å². The van der Waals surface area contributed by atoms with Gasteiger partial charge in [-0.3, -0.25) is 14.9 Å². The maximum Gasteiger partial charge on any atom is 0.338 e. The summed E-state index contributed by atoms with van der Waals surface area (Å²) in [5.41, 5.74) is -0.0355. The lowest BCUT2D eigenvalue weighted by Crippen LogP contribution is -2.58. The van der Waals surface area contributed by atoms with Crippen LogP contribution in [0.4, 0.5) is 5.13 Å². The van der Waals surface area contributed by atoms with Crippen molar-refractivity contribution in [2.24, 2.45) is 4.99 Å². The Kier molecular flexibility index (Phi) is 4.75. The van der Waals surface area contributed by atoms with Crippen LogP contribution in [-0.4, -0.2) is 45.6 Å². The lowest BCUT2D eigenvalue weighted by molar-refractivity contribution is -0.130. The molecule has 0 bridgehead atoms. The van der Waals surface area contributed by atoms with E-state index in [0.717, 1.165) is 4.70 Å². The van der Waals surface area contributed by atoms with Gasteiger partial charge in [-0.1, -0.05) is 17.4 Å². The number of ether oxygens (including phenoxy) is 1. The number of thiazole rings is 1. The zero-order valence-corrected chi connectivity index (χ0v) is 16.7. The van der Waals surface area contributed by atoms with Crippen LogP contribution in [0.15, 0.2) is 47.6 Å². The normalized spacial score (nSPS) is 20.4. The fourth-order valence-electron chi connectivity index (χ4n) is 3.23. The molecule has 0 fully saturated rings. The van der Waals surface area contributed by atoms with Gasteiger partial charge in [-0.2, -0.15) is 4.99 Å². The Bertz CT molecular complexity index is 1120. The molecule has 1 aromatic carbocycles. The Morgan fingerprint density at radius 2 is 2.17 bits per heavy atom. The van der Waals surface area contributed by atoms with Gasteiger partial charge in [0.2, 0.25) is 0 Å². The van der Waals surface area contributed by atoms with Crippen molar-refractivity contribution < 1.29 is 19.1 Å². The van der Waals surface area contributed by atoms with Crippen molar-refractivity contribution in [1.82, 2.24) is 9.88 Å². The zero-order valence-electron chi connectivity index (χ0n) is 15.8. The molecular weight excluding hydrogens is 392 g/mol. The lowest BCUT2D eigenvalue weighted by Gasteiger charge is -2.41. The molecule has 0 saturated heterocycles. The van der Waals surface area contributed by atoms with Gasteiger partial charge in [0, 0.05) is 6.20 Å².